The lowest BCUT2D eigenvalue weighted by atomic mass is 10.1. The fourth-order valence-electron chi connectivity index (χ4n) is 1.91. The molecule has 20 heavy (non-hydrogen) atoms. The molecule has 0 saturated carbocycles. The van der Waals surface area contributed by atoms with E-state index in [0.29, 0.717) is 18.8 Å². The van der Waals surface area contributed by atoms with Crippen molar-refractivity contribution in [2.45, 2.75) is 12.8 Å². The van der Waals surface area contributed by atoms with Crippen molar-refractivity contribution in [1.29, 1.82) is 0 Å². The molecule has 0 fully saturated rings. The first-order chi connectivity index (χ1) is 9.63. The molecule has 1 N–H and O–H groups in total. The van der Waals surface area contributed by atoms with Crippen LogP contribution in [-0.2, 0) is 23.0 Å². The summed E-state index contributed by atoms with van der Waals surface area (Å²) in [6.07, 6.45) is 1.07. The molecular formula is C14H18N4O2. The summed E-state index contributed by atoms with van der Waals surface area (Å²) >= 11 is 0. The first-order valence-corrected chi connectivity index (χ1v) is 6.39. The molecule has 2 aromatic rings. The molecule has 6 heteroatoms. The summed E-state index contributed by atoms with van der Waals surface area (Å²) in [7, 11) is 5.04. The number of carbonyl (C=O) groups excluding carboxylic acids is 1. The van der Waals surface area contributed by atoms with Crippen molar-refractivity contribution in [3.63, 3.8) is 0 Å². The second-order valence-corrected chi connectivity index (χ2v) is 4.41. The molecule has 0 saturated heterocycles. The van der Waals surface area contributed by atoms with Gasteiger partial charge in [0, 0.05) is 26.1 Å². The number of anilines is 1. The monoisotopic (exact) mass is 274 g/mol. The molecule has 2 rings (SSSR count). The average Bonchev–Trinajstić information content (AvgIpc) is 2.86. The Bertz CT molecular complexity index is 590. The summed E-state index contributed by atoms with van der Waals surface area (Å²) in [6, 6.07) is 7.95. The topological polar surface area (TPSA) is 69.0 Å². The Hall–Kier alpha value is -2.37. The molecule has 0 spiro atoms. The molecule has 0 amide bonds. The van der Waals surface area contributed by atoms with Gasteiger partial charge in [-0.15, -0.1) is 5.10 Å². The maximum atomic E-state index is 11.1. The first kappa shape index (κ1) is 14.0. The third kappa shape index (κ3) is 3.14. The van der Waals surface area contributed by atoms with Crippen molar-refractivity contribution in [3.8, 4) is 11.4 Å². The van der Waals surface area contributed by atoms with Crippen LogP contribution in [0.1, 0.15) is 12.0 Å². The van der Waals surface area contributed by atoms with Crippen LogP contribution in [0.3, 0.4) is 0 Å². The van der Waals surface area contributed by atoms with Crippen LogP contribution in [0.25, 0.3) is 11.4 Å². The van der Waals surface area contributed by atoms with Gasteiger partial charge in [0.25, 0.3) is 0 Å². The van der Waals surface area contributed by atoms with Crippen LogP contribution in [-0.4, -0.2) is 34.9 Å². The van der Waals surface area contributed by atoms with Gasteiger partial charge in [-0.1, -0.05) is 24.3 Å². The molecule has 0 aliphatic heterocycles. The predicted molar refractivity (Wildman–Crippen MR) is 76.3 cm³/mol. The Labute approximate surface area is 117 Å². The zero-order chi connectivity index (χ0) is 14.5. The SMILES string of the molecule is CNc1nc(-c2ccc(CCC(=O)OC)cc2)n(C)n1. The lowest BCUT2D eigenvalue weighted by Crippen LogP contribution is -2.01. The van der Waals surface area contributed by atoms with E-state index in [-0.39, 0.29) is 5.97 Å². The Morgan fingerprint density at radius 1 is 1.35 bits per heavy atom. The summed E-state index contributed by atoms with van der Waals surface area (Å²) in [5, 5.41) is 7.15. The van der Waals surface area contributed by atoms with Gasteiger partial charge >= 0.3 is 5.97 Å². The molecule has 1 aromatic heterocycles. The van der Waals surface area contributed by atoms with Crippen LogP contribution >= 0.6 is 0 Å². The number of aromatic nitrogens is 3. The van der Waals surface area contributed by atoms with Crippen LogP contribution in [0.2, 0.25) is 0 Å². The number of carbonyl (C=O) groups is 1. The van der Waals surface area contributed by atoms with Gasteiger partial charge in [0.05, 0.1) is 7.11 Å². The zero-order valence-electron chi connectivity index (χ0n) is 11.9. The molecule has 106 valence electrons. The zero-order valence-corrected chi connectivity index (χ0v) is 11.9. The fraction of sp³-hybridized carbons (Fsp3) is 0.357. The highest BCUT2D eigenvalue weighted by molar-refractivity contribution is 5.69. The van der Waals surface area contributed by atoms with Crippen LogP contribution < -0.4 is 5.32 Å². The molecule has 0 aliphatic rings. The van der Waals surface area contributed by atoms with E-state index in [0.717, 1.165) is 17.0 Å². The Morgan fingerprint density at radius 2 is 2.05 bits per heavy atom. The highest BCUT2D eigenvalue weighted by Gasteiger charge is 2.08. The molecular weight excluding hydrogens is 256 g/mol. The minimum atomic E-state index is -0.193. The smallest absolute Gasteiger partial charge is 0.305 e. The summed E-state index contributed by atoms with van der Waals surface area (Å²) in [4.78, 5) is 15.5. The van der Waals surface area contributed by atoms with Gasteiger partial charge in [0.2, 0.25) is 5.95 Å². The Morgan fingerprint density at radius 3 is 2.60 bits per heavy atom. The van der Waals surface area contributed by atoms with E-state index >= 15 is 0 Å². The Balaban J connectivity index is 2.11. The lowest BCUT2D eigenvalue weighted by Gasteiger charge is -2.03. The minimum absolute atomic E-state index is 0.193. The molecule has 0 radical (unpaired) electrons. The van der Waals surface area contributed by atoms with Crippen molar-refractivity contribution < 1.29 is 9.53 Å². The van der Waals surface area contributed by atoms with Gasteiger partial charge in [-0.25, -0.2) is 4.68 Å². The molecule has 0 atom stereocenters. The lowest BCUT2D eigenvalue weighted by molar-refractivity contribution is -0.140. The number of methoxy groups -OCH3 is 1. The minimum Gasteiger partial charge on any atom is -0.469 e. The van der Waals surface area contributed by atoms with Gasteiger partial charge in [-0.3, -0.25) is 4.79 Å². The maximum absolute atomic E-state index is 11.1. The molecule has 0 aliphatic carbocycles. The molecule has 1 heterocycles. The maximum Gasteiger partial charge on any atom is 0.305 e. The second-order valence-electron chi connectivity index (χ2n) is 4.41. The van der Waals surface area contributed by atoms with E-state index in [1.165, 1.54) is 7.11 Å². The average molecular weight is 274 g/mol. The molecule has 0 bridgehead atoms. The number of rotatable bonds is 5. The van der Waals surface area contributed by atoms with Crippen LogP contribution in [0.4, 0.5) is 5.95 Å². The summed E-state index contributed by atoms with van der Waals surface area (Å²) in [6.45, 7) is 0. The molecule has 6 nitrogen and oxygen atoms in total. The number of nitrogens with one attached hydrogen (secondary N) is 1. The summed E-state index contributed by atoms with van der Waals surface area (Å²) < 4.78 is 6.36. The van der Waals surface area contributed by atoms with Crippen LogP contribution in [0.15, 0.2) is 24.3 Å². The number of hydrogen-bond acceptors (Lipinski definition) is 5. The number of nitrogens with zero attached hydrogens (tertiary/aromatic N) is 3. The number of esters is 1. The fourth-order valence-corrected chi connectivity index (χ4v) is 1.91. The van der Waals surface area contributed by atoms with Crippen LogP contribution in [0.5, 0.6) is 0 Å². The second kappa shape index (κ2) is 6.18. The number of hydrogen-bond donors (Lipinski definition) is 1. The quantitative estimate of drug-likeness (QED) is 0.839. The van der Waals surface area contributed by atoms with Gasteiger partial charge in [-0.05, 0) is 12.0 Å². The number of ether oxygens (including phenoxy) is 1. The third-order valence-corrected chi connectivity index (χ3v) is 3.04. The van der Waals surface area contributed by atoms with Gasteiger partial charge in [-0.2, -0.15) is 4.98 Å². The van der Waals surface area contributed by atoms with E-state index in [9.17, 15) is 4.79 Å². The molecule has 1 aromatic carbocycles. The van der Waals surface area contributed by atoms with Crippen molar-refractivity contribution in [1.82, 2.24) is 14.8 Å². The van der Waals surface area contributed by atoms with E-state index in [2.05, 4.69) is 20.1 Å². The number of aryl methyl sites for hydroxylation is 2. The van der Waals surface area contributed by atoms with Gasteiger partial charge in [0.1, 0.15) is 0 Å². The highest BCUT2D eigenvalue weighted by atomic mass is 16.5. The van der Waals surface area contributed by atoms with Crippen LogP contribution in [0, 0.1) is 0 Å². The van der Waals surface area contributed by atoms with Crippen molar-refractivity contribution in [2.75, 3.05) is 19.5 Å². The predicted octanol–water partition coefficient (Wildman–Crippen LogP) is 1.63. The normalized spacial score (nSPS) is 10.3. The summed E-state index contributed by atoms with van der Waals surface area (Å²) in [5.41, 5.74) is 2.08. The highest BCUT2D eigenvalue weighted by Crippen LogP contribution is 2.19. The standard InChI is InChI=1S/C14H18N4O2/c1-15-14-16-13(18(2)17-14)11-7-4-10(5-8-11)6-9-12(19)20-3/h4-5,7-8H,6,9H2,1-3H3,(H,15,17). The van der Waals surface area contributed by atoms with E-state index in [4.69, 9.17) is 0 Å². The third-order valence-electron chi connectivity index (χ3n) is 3.04. The molecule has 0 unspecified atom stereocenters. The van der Waals surface area contributed by atoms with E-state index in [1.807, 2.05) is 31.3 Å². The van der Waals surface area contributed by atoms with Crippen molar-refractivity contribution in [3.05, 3.63) is 29.8 Å². The Kier molecular flexibility index (Phi) is 4.34. The summed E-state index contributed by atoms with van der Waals surface area (Å²) in [5.74, 6) is 1.20. The van der Waals surface area contributed by atoms with Crippen molar-refractivity contribution in [2.24, 2.45) is 7.05 Å². The van der Waals surface area contributed by atoms with Gasteiger partial charge in [0.15, 0.2) is 5.82 Å². The van der Waals surface area contributed by atoms with E-state index < -0.39 is 0 Å². The van der Waals surface area contributed by atoms with E-state index in [1.54, 1.807) is 11.7 Å². The number of benzene rings is 1. The first-order valence-electron chi connectivity index (χ1n) is 6.39. The largest absolute Gasteiger partial charge is 0.469 e. The van der Waals surface area contributed by atoms with Gasteiger partial charge < -0.3 is 10.1 Å². The van der Waals surface area contributed by atoms with Crippen molar-refractivity contribution >= 4 is 11.9 Å².